The van der Waals surface area contributed by atoms with Gasteiger partial charge in [-0.3, -0.25) is 9.59 Å². The second-order valence-electron chi connectivity index (χ2n) is 6.69. The average molecular weight is 389 g/mol. The van der Waals surface area contributed by atoms with Crippen LogP contribution in [-0.2, 0) is 6.61 Å². The number of amides is 1. The highest BCUT2D eigenvalue weighted by Gasteiger charge is 2.12. The number of benzene rings is 2. The van der Waals surface area contributed by atoms with E-state index in [-0.39, 0.29) is 18.1 Å². The first-order chi connectivity index (χ1) is 14.0. The Hall–Kier alpha value is -3.87. The first-order valence-electron chi connectivity index (χ1n) is 9.09. The number of hydrogen-bond donors (Lipinski definition) is 1. The molecule has 0 unspecified atom stereocenters. The zero-order valence-corrected chi connectivity index (χ0v) is 16.0. The van der Waals surface area contributed by atoms with Crippen LogP contribution in [-0.4, -0.2) is 15.5 Å². The van der Waals surface area contributed by atoms with Crippen LogP contribution in [0, 0.1) is 13.8 Å². The van der Waals surface area contributed by atoms with Crippen molar-refractivity contribution in [2.45, 2.75) is 20.5 Å². The molecule has 2 heterocycles. The van der Waals surface area contributed by atoms with Gasteiger partial charge in [0.25, 0.3) is 11.5 Å². The third-order valence-electron chi connectivity index (χ3n) is 4.32. The van der Waals surface area contributed by atoms with Crippen LogP contribution in [0.5, 0.6) is 5.75 Å². The van der Waals surface area contributed by atoms with Crippen LogP contribution in [0.2, 0.25) is 0 Å². The van der Waals surface area contributed by atoms with Crippen LogP contribution >= 0.6 is 0 Å². The third-order valence-corrected chi connectivity index (χ3v) is 4.32. The lowest BCUT2D eigenvalue weighted by atomic mass is 10.1. The third kappa shape index (κ3) is 4.03. The van der Waals surface area contributed by atoms with Gasteiger partial charge >= 0.3 is 0 Å². The molecule has 0 saturated carbocycles. The molecule has 1 amide bonds. The van der Waals surface area contributed by atoms with Crippen LogP contribution in [0.25, 0.3) is 5.65 Å². The predicted molar refractivity (Wildman–Crippen MR) is 108 cm³/mol. The molecule has 7 heteroatoms. The van der Waals surface area contributed by atoms with Crippen LogP contribution in [0.1, 0.15) is 27.4 Å². The monoisotopic (exact) mass is 389 g/mol. The summed E-state index contributed by atoms with van der Waals surface area (Å²) in [6, 6.07) is 17.5. The molecule has 0 fully saturated rings. The summed E-state index contributed by atoms with van der Waals surface area (Å²) in [4.78, 5) is 29.1. The average Bonchev–Trinajstić information content (AvgIpc) is 3.09. The van der Waals surface area contributed by atoms with E-state index in [4.69, 9.17) is 9.26 Å². The van der Waals surface area contributed by atoms with Crippen molar-refractivity contribution in [3.05, 3.63) is 93.6 Å². The summed E-state index contributed by atoms with van der Waals surface area (Å²) in [5.41, 5.74) is 2.66. The normalized spacial score (nSPS) is 10.8. The number of ether oxygens (including phenoxy) is 1. The van der Waals surface area contributed by atoms with Crippen LogP contribution in [0.15, 0.2) is 70.0 Å². The van der Waals surface area contributed by atoms with Gasteiger partial charge in [-0.05, 0) is 43.7 Å². The number of aromatic nitrogens is 2. The first-order valence-corrected chi connectivity index (χ1v) is 9.09. The minimum Gasteiger partial charge on any atom is -0.485 e. The van der Waals surface area contributed by atoms with Gasteiger partial charge in [-0.2, -0.15) is 0 Å². The van der Waals surface area contributed by atoms with Crippen LogP contribution in [0.3, 0.4) is 0 Å². The van der Waals surface area contributed by atoms with Crippen molar-refractivity contribution in [1.29, 1.82) is 0 Å². The zero-order chi connectivity index (χ0) is 20.4. The summed E-state index contributed by atoms with van der Waals surface area (Å²) >= 11 is 0. The Morgan fingerprint density at radius 2 is 1.90 bits per heavy atom. The van der Waals surface area contributed by atoms with E-state index in [1.165, 1.54) is 6.07 Å². The molecule has 4 aromatic rings. The molecule has 0 saturated heterocycles. The molecule has 146 valence electrons. The molecule has 0 atom stereocenters. The predicted octanol–water partition coefficient (Wildman–Crippen LogP) is 3.74. The lowest BCUT2D eigenvalue weighted by molar-refractivity contribution is 0.102. The summed E-state index contributed by atoms with van der Waals surface area (Å²) < 4.78 is 12.3. The Kier molecular flexibility index (Phi) is 4.87. The summed E-state index contributed by atoms with van der Waals surface area (Å²) in [7, 11) is 0. The number of nitrogens with one attached hydrogen (secondary N) is 1. The van der Waals surface area contributed by atoms with Crippen molar-refractivity contribution in [3.8, 4) is 5.75 Å². The number of carbonyl (C=O) groups excluding carboxylic acids is 1. The number of carbonyl (C=O) groups is 1. The van der Waals surface area contributed by atoms with Crippen molar-refractivity contribution >= 4 is 17.2 Å². The van der Waals surface area contributed by atoms with E-state index in [2.05, 4.69) is 10.3 Å². The Balaban J connectivity index is 1.56. The van der Waals surface area contributed by atoms with E-state index in [1.807, 2.05) is 25.1 Å². The van der Waals surface area contributed by atoms with Gasteiger partial charge in [0, 0.05) is 17.7 Å². The van der Waals surface area contributed by atoms with E-state index in [0.29, 0.717) is 34.1 Å². The number of hydrogen-bond acceptors (Lipinski definition) is 5. The van der Waals surface area contributed by atoms with Crippen LogP contribution in [0.4, 0.5) is 5.69 Å². The standard InChI is InChI=1S/C22H19N3O4/c1-14-8-9-19(18(10-14)24-22(27)16-6-4-3-5-7-16)28-13-17-12-21(26)25-20(23-17)11-15(2)29-25/h3-12H,13H2,1-2H3,(H,24,27). The molecule has 7 nitrogen and oxygen atoms in total. The topological polar surface area (TPSA) is 85.8 Å². The highest BCUT2D eigenvalue weighted by molar-refractivity contribution is 6.05. The molecule has 29 heavy (non-hydrogen) atoms. The van der Waals surface area contributed by atoms with Gasteiger partial charge in [0.15, 0.2) is 5.65 Å². The summed E-state index contributed by atoms with van der Waals surface area (Å²) in [5.74, 6) is 0.857. The number of fused-ring (bicyclic) bond motifs is 1. The van der Waals surface area contributed by atoms with E-state index in [0.717, 1.165) is 10.1 Å². The molecule has 0 radical (unpaired) electrons. The number of anilines is 1. The smallest absolute Gasteiger partial charge is 0.287 e. The lowest BCUT2D eigenvalue weighted by Crippen LogP contribution is -2.15. The van der Waals surface area contributed by atoms with Gasteiger partial charge in [0.05, 0.1) is 11.4 Å². The molecule has 0 spiro atoms. The fraction of sp³-hybridized carbons (Fsp3) is 0.136. The molecule has 0 aliphatic heterocycles. The number of nitrogens with zero attached hydrogens (tertiary/aromatic N) is 2. The van der Waals surface area contributed by atoms with E-state index in [9.17, 15) is 9.59 Å². The van der Waals surface area contributed by atoms with Crippen molar-refractivity contribution < 1.29 is 14.1 Å². The summed E-state index contributed by atoms with van der Waals surface area (Å²) in [5, 5.41) is 2.88. The molecule has 4 rings (SSSR count). The molecule has 0 aliphatic carbocycles. The maximum atomic E-state index is 12.5. The Bertz CT molecular complexity index is 1240. The second-order valence-corrected chi connectivity index (χ2v) is 6.69. The molecule has 0 bridgehead atoms. The maximum Gasteiger partial charge on any atom is 0.287 e. The quantitative estimate of drug-likeness (QED) is 0.562. The zero-order valence-electron chi connectivity index (χ0n) is 16.0. The minimum absolute atomic E-state index is 0.0766. The van der Waals surface area contributed by atoms with E-state index >= 15 is 0 Å². The maximum absolute atomic E-state index is 12.5. The van der Waals surface area contributed by atoms with Gasteiger partial charge < -0.3 is 14.6 Å². The SMILES string of the molecule is Cc1ccc(OCc2cc(=O)n3oc(C)cc3n2)c(NC(=O)c2ccccc2)c1. The highest BCUT2D eigenvalue weighted by Crippen LogP contribution is 2.27. The van der Waals surface area contributed by atoms with E-state index in [1.54, 1.807) is 43.3 Å². The first kappa shape index (κ1) is 18.5. The second kappa shape index (κ2) is 7.63. The molecular weight excluding hydrogens is 370 g/mol. The van der Waals surface area contributed by atoms with Gasteiger partial charge in [-0.1, -0.05) is 24.3 Å². The Morgan fingerprint density at radius 1 is 1.10 bits per heavy atom. The fourth-order valence-electron chi connectivity index (χ4n) is 2.95. The van der Waals surface area contributed by atoms with Gasteiger partial charge in [-0.25, -0.2) is 4.98 Å². The van der Waals surface area contributed by atoms with Gasteiger partial charge in [0.1, 0.15) is 18.1 Å². The molecular formula is C22H19N3O4. The lowest BCUT2D eigenvalue weighted by Gasteiger charge is -2.13. The Morgan fingerprint density at radius 3 is 2.69 bits per heavy atom. The fourth-order valence-corrected chi connectivity index (χ4v) is 2.95. The Labute approximate surface area is 166 Å². The molecule has 1 N–H and O–H groups in total. The molecule has 2 aromatic carbocycles. The van der Waals surface area contributed by atoms with Crippen molar-refractivity contribution in [2.24, 2.45) is 0 Å². The number of rotatable bonds is 5. The van der Waals surface area contributed by atoms with E-state index < -0.39 is 0 Å². The molecule has 0 aliphatic rings. The van der Waals surface area contributed by atoms with Crippen molar-refractivity contribution in [2.75, 3.05) is 5.32 Å². The van der Waals surface area contributed by atoms with Gasteiger partial charge in [-0.15, -0.1) is 4.57 Å². The molecule has 2 aromatic heterocycles. The summed E-state index contributed by atoms with van der Waals surface area (Å²) in [6.45, 7) is 3.76. The van der Waals surface area contributed by atoms with Gasteiger partial charge in [0.2, 0.25) is 0 Å². The van der Waals surface area contributed by atoms with Crippen molar-refractivity contribution in [1.82, 2.24) is 9.56 Å². The largest absolute Gasteiger partial charge is 0.485 e. The number of aryl methyl sites for hydroxylation is 2. The highest BCUT2D eigenvalue weighted by atomic mass is 16.5. The van der Waals surface area contributed by atoms with Crippen molar-refractivity contribution in [3.63, 3.8) is 0 Å². The minimum atomic E-state index is -0.316. The van der Waals surface area contributed by atoms with Crippen LogP contribution < -0.4 is 15.6 Å². The summed E-state index contributed by atoms with van der Waals surface area (Å²) in [6.07, 6.45) is 0.